The first-order chi connectivity index (χ1) is 11.0. The van der Waals surface area contributed by atoms with E-state index >= 15 is 0 Å². The van der Waals surface area contributed by atoms with Crippen molar-refractivity contribution in [2.45, 2.75) is 19.9 Å². The van der Waals surface area contributed by atoms with E-state index in [4.69, 9.17) is 17.0 Å². The Balaban J connectivity index is 1.95. The van der Waals surface area contributed by atoms with Crippen LogP contribution in [0.15, 0.2) is 42.5 Å². The highest BCUT2D eigenvalue weighted by atomic mass is 32.1. The average molecular weight is 336 g/mol. The van der Waals surface area contributed by atoms with Gasteiger partial charge in [0.15, 0.2) is 5.11 Å². The van der Waals surface area contributed by atoms with Crippen LogP contribution in [0.3, 0.4) is 0 Å². The molecule has 2 N–H and O–H groups in total. The van der Waals surface area contributed by atoms with Gasteiger partial charge >= 0.3 is 0 Å². The van der Waals surface area contributed by atoms with Crippen LogP contribution in [0, 0.1) is 11.6 Å². The van der Waals surface area contributed by atoms with Crippen molar-refractivity contribution in [3.63, 3.8) is 0 Å². The summed E-state index contributed by atoms with van der Waals surface area (Å²) < 4.78 is 32.0. The van der Waals surface area contributed by atoms with Gasteiger partial charge in [-0.1, -0.05) is 6.07 Å². The minimum atomic E-state index is -0.603. The summed E-state index contributed by atoms with van der Waals surface area (Å²) in [4.78, 5) is 0. The van der Waals surface area contributed by atoms with E-state index in [1.807, 2.05) is 31.2 Å². The normalized spacial score (nSPS) is 11.7. The monoisotopic (exact) mass is 336 g/mol. The number of thiocarbonyl (C=S) groups is 1. The molecular formula is C17H18F2N2OS. The van der Waals surface area contributed by atoms with Crippen molar-refractivity contribution in [2.75, 3.05) is 11.9 Å². The minimum Gasteiger partial charge on any atom is -0.494 e. The van der Waals surface area contributed by atoms with Crippen molar-refractivity contribution in [3.05, 3.63) is 59.7 Å². The molecule has 0 aliphatic rings. The first-order valence-corrected chi connectivity index (χ1v) is 7.65. The van der Waals surface area contributed by atoms with Crippen molar-refractivity contribution in [2.24, 2.45) is 0 Å². The Hall–Kier alpha value is -2.21. The lowest BCUT2D eigenvalue weighted by atomic mass is 10.1. The molecule has 0 unspecified atom stereocenters. The molecule has 122 valence electrons. The van der Waals surface area contributed by atoms with Crippen LogP contribution >= 0.6 is 12.2 Å². The van der Waals surface area contributed by atoms with Crippen molar-refractivity contribution in [1.82, 2.24) is 5.32 Å². The van der Waals surface area contributed by atoms with Crippen LogP contribution < -0.4 is 15.4 Å². The van der Waals surface area contributed by atoms with Crippen LogP contribution in [0.4, 0.5) is 14.5 Å². The number of nitrogens with one attached hydrogen (secondary N) is 2. The lowest BCUT2D eigenvalue weighted by Crippen LogP contribution is -2.31. The molecule has 2 rings (SSSR count). The van der Waals surface area contributed by atoms with Gasteiger partial charge in [-0.05, 0) is 56.4 Å². The highest BCUT2D eigenvalue weighted by Gasteiger charge is 2.12. The van der Waals surface area contributed by atoms with E-state index < -0.39 is 17.7 Å². The van der Waals surface area contributed by atoms with Crippen LogP contribution in [-0.4, -0.2) is 11.7 Å². The zero-order chi connectivity index (χ0) is 16.8. The third kappa shape index (κ3) is 4.89. The molecule has 0 amide bonds. The van der Waals surface area contributed by atoms with E-state index in [0.717, 1.165) is 17.5 Å². The Morgan fingerprint density at radius 1 is 1.17 bits per heavy atom. The predicted molar refractivity (Wildman–Crippen MR) is 91.7 cm³/mol. The van der Waals surface area contributed by atoms with Crippen LogP contribution in [0.25, 0.3) is 0 Å². The standard InChI is InChI=1S/C17H18F2N2OS/c1-3-22-14-7-5-13(6-8-14)21-17(23)20-11(2)15-9-4-12(18)10-16(15)19/h4-11H,3H2,1-2H3,(H2,20,21,23)/t11-/m1/s1. The van der Waals surface area contributed by atoms with Crippen molar-refractivity contribution in [1.29, 1.82) is 0 Å². The lowest BCUT2D eigenvalue weighted by molar-refractivity contribution is 0.340. The molecule has 6 heteroatoms. The summed E-state index contributed by atoms with van der Waals surface area (Å²) in [6, 6.07) is 10.4. The van der Waals surface area contributed by atoms with Gasteiger partial charge < -0.3 is 15.4 Å². The van der Waals surface area contributed by atoms with Gasteiger partial charge in [-0.2, -0.15) is 0 Å². The van der Waals surface area contributed by atoms with Crippen molar-refractivity contribution >= 4 is 23.0 Å². The summed E-state index contributed by atoms with van der Waals surface area (Å²) in [5, 5.41) is 6.33. The van der Waals surface area contributed by atoms with E-state index in [0.29, 0.717) is 17.3 Å². The minimum absolute atomic E-state index is 0.349. The molecule has 3 nitrogen and oxygen atoms in total. The summed E-state index contributed by atoms with van der Waals surface area (Å²) in [6.07, 6.45) is 0. The fraction of sp³-hybridized carbons (Fsp3) is 0.235. The van der Waals surface area contributed by atoms with Gasteiger partial charge in [0.2, 0.25) is 0 Å². The Kier molecular flexibility index (Phi) is 5.87. The highest BCUT2D eigenvalue weighted by molar-refractivity contribution is 7.80. The smallest absolute Gasteiger partial charge is 0.171 e. The summed E-state index contributed by atoms with van der Waals surface area (Å²) in [5.74, 6) is -0.430. The van der Waals surface area contributed by atoms with Gasteiger partial charge in [-0.3, -0.25) is 0 Å². The second-order valence-electron chi connectivity index (χ2n) is 4.94. The van der Waals surface area contributed by atoms with E-state index in [9.17, 15) is 8.78 Å². The molecular weight excluding hydrogens is 318 g/mol. The molecule has 0 radical (unpaired) electrons. The Bertz CT molecular complexity index is 677. The molecule has 0 aliphatic carbocycles. The number of ether oxygens (including phenoxy) is 1. The fourth-order valence-corrected chi connectivity index (χ4v) is 2.39. The highest BCUT2D eigenvalue weighted by Crippen LogP contribution is 2.19. The molecule has 1 atom stereocenters. The van der Waals surface area contributed by atoms with Gasteiger partial charge in [0.25, 0.3) is 0 Å². The van der Waals surface area contributed by atoms with Gasteiger partial charge in [0, 0.05) is 17.3 Å². The Labute approximate surface area is 139 Å². The van der Waals surface area contributed by atoms with Crippen LogP contribution in [-0.2, 0) is 0 Å². The largest absolute Gasteiger partial charge is 0.494 e. The van der Waals surface area contributed by atoms with Crippen LogP contribution in [0.2, 0.25) is 0 Å². The number of rotatable bonds is 5. The average Bonchev–Trinajstić information content (AvgIpc) is 2.49. The topological polar surface area (TPSA) is 33.3 Å². The number of benzene rings is 2. The van der Waals surface area contributed by atoms with E-state index in [-0.39, 0.29) is 0 Å². The summed E-state index contributed by atoms with van der Waals surface area (Å²) >= 11 is 5.22. The fourth-order valence-electron chi connectivity index (χ4n) is 2.10. The van der Waals surface area contributed by atoms with Crippen molar-refractivity contribution in [3.8, 4) is 5.75 Å². The van der Waals surface area contributed by atoms with E-state index in [1.54, 1.807) is 6.92 Å². The van der Waals surface area contributed by atoms with Gasteiger partial charge in [0.1, 0.15) is 17.4 Å². The second-order valence-corrected chi connectivity index (χ2v) is 5.35. The third-order valence-electron chi connectivity index (χ3n) is 3.20. The summed E-state index contributed by atoms with van der Waals surface area (Å²) in [7, 11) is 0. The summed E-state index contributed by atoms with van der Waals surface area (Å²) in [5.41, 5.74) is 1.14. The molecule has 0 aromatic heterocycles. The first kappa shape index (κ1) is 17.1. The SMILES string of the molecule is CCOc1ccc(NC(=S)N[C@H](C)c2ccc(F)cc2F)cc1. The molecule has 2 aromatic rings. The molecule has 0 heterocycles. The van der Waals surface area contributed by atoms with Gasteiger partial charge in [0.05, 0.1) is 12.6 Å². The van der Waals surface area contributed by atoms with Crippen molar-refractivity contribution < 1.29 is 13.5 Å². The van der Waals surface area contributed by atoms with Gasteiger partial charge in [-0.25, -0.2) is 8.78 Å². The molecule has 23 heavy (non-hydrogen) atoms. The quantitative estimate of drug-likeness (QED) is 0.793. The van der Waals surface area contributed by atoms with Crippen LogP contribution in [0.5, 0.6) is 5.75 Å². The first-order valence-electron chi connectivity index (χ1n) is 7.25. The molecule has 0 aliphatic heterocycles. The maximum Gasteiger partial charge on any atom is 0.171 e. The lowest BCUT2D eigenvalue weighted by Gasteiger charge is -2.18. The predicted octanol–water partition coefficient (Wildman–Crippen LogP) is 4.41. The summed E-state index contributed by atoms with van der Waals surface area (Å²) in [6.45, 7) is 4.27. The maximum absolute atomic E-state index is 13.7. The molecule has 2 aromatic carbocycles. The van der Waals surface area contributed by atoms with E-state index in [2.05, 4.69) is 10.6 Å². The molecule has 0 bridgehead atoms. The molecule has 0 spiro atoms. The molecule has 0 saturated carbocycles. The number of anilines is 1. The zero-order valence-corrected chi connectivity index (χ0v) is 13.7. The Morgan fingerprint density at radius 3 is 2.48 bits per heavy atom. The maximum atomic E-state index is 13.7. The third-order valence-corrected chi connectivity index (χ3v) is 3.42. The number of halogens is 2. The molecule has 0 fully saturated rings. The second kappa shape index (κ2) is 7.87. The van der Waals surface area contributed by atoms with Crippen LogP contribution in [0.1, 0.15) is 25.5 Å². The van der Waals surface area contributed by atoms with E-state index in [1.165, 1.54) is 12.1 Å². The Morgan fingerprint density at radius 2 is 1.87 bits per heavy atom. The van der Waals surface area contributed by atoms with Gasteiger partial charge in [-0.15, -0.1) is 0 Å². The molecule has 0 saturated heterocycles. The number of hydrogen-bond acceptors (Lipinski definition) is 2. The number of hydrogen-bond donors (Lipinski definition) is 2. The zero-order valence-electron chi connectivity index (χ0n) is 12.9.